The Morgan fingerprint density at radius 3 is 2.41 bits per heavy atom. The molecule has 0 aliphatic rings. The molecule has 32 heavy (non-hydrogen) atoms. The van der Waals surface area contributed by atoms with Crippen molar-refractivity contribution in [1.29, 1.82) is 0 Å². The Kier molecular flexibility index (Phi) is 6.88. The molecule has 162 valence electrons. The average molecular weight is 427 g/mol. The van der Waals surface area contributed by atoms with Crippen molar-refractivity contribution in [1.82, 2.24) is 5.43 Å². The summed E-state index contributed by atoms with van der Waals surface area (Å²) in [5, 5.41) is 6.75. The molecule has 0 spiro atoms. The highest BCUT2D eigenvalue weighted by atomic mass is 16.5. The van der Waals surface area contributed by atoms with Crippen LogP contribution in [0.3, 0.4) is 0 Å². The molecule has 0 fully saturated rings. The third kappa shape index (κ3) is 5.19. The molecule has 0 radical (unpaired) electrons. The summed E-state index contributed by atoms with van der Waals surface area (Å²) in [4.78, 5) is 0. The van der Waals surface area contributed by atoms with Crippen LogP contribution in [0.4, 0.5) is 0 Å². The monoisotopic (exact) mass is 426 g/mol. The number of ether oxygens (including phenoxy) is 3. The van der Waals surface area contributed by atoms with Crippen molar-refractivity contribution in [2.24, 2.45) is 5.10 Å². The van der Waals surface area contributed by atoms with E-state index in [-0.39, 0.29) is 0 Å². The molecule has 0 bridgehead atoms. The van der Waals surface area contributed by atoms with Gasteiger partial charge in [-0.1, -0.05) is 48.5 Å². The molecule has 4 aromatic rings. The maximum atomic E-state index is 6.00. The Morgan fingerprint density at radius 1 is 0.812 bits per heavy atom. The van der Waals surface area contributed by atoms with Crippen LogP contribution >= 0.6 is 0 Å². The van der Waals surface area contributed by atoms with Gasteiger partial charge in [0.1, 0.15) is 12.4 Å². The summed E-state index contributed by atoms with van der Waals surface area (Å²) in [6.45, 7) is 1.12. The summed E-state index contributed by atoms with van der Waals surface area (Å²) in [7, 11) is 3.25. The van der Waals surface area contributed by atoms with Gasteiger partial charge in [-0.25, -0.2) is 0 Å². The van der Waals surface area contributed by atoms with Gasteiger partial charge < -0.3 is 19.6 Å². The van der Waals surface area contributed by atoms with E-state index in [1.165, 1.54) is 16.3 Å². The summed E-state index contributed by atoms with van der Waals surface area (Å²) < 4.78 is 16.6. The van der Waals surface area contributed by atoms with E-state index < -0.39 is 0 Å². The molecule has 4 rings (SSSR count). The number of rotatable bonds is 9. The molecule has 0 aliphatic carbocycles. The first-order chi connectivity index (χ1) is 15.8. The lowest BCUT2D eigenvalue weighted by Gasteiger charge is -2.09. The number of hydrazone groups is 1. The van der Waals surface area contributed by atoms with Gasteiger partial charge in [0.2, 0.25) is 0 Å². The molecule has 0 unspecified atom stereocenters. The standard InChI is InChI=1S/C27H26N2O3/c1-30-26-15-12-21(16-27(26)31-2)18-29-28-17-20-10-13-24(14-11-20)32-19-23-8-5-7-22-6-3-4-9-25(22)23/h3-17,29H,18-19H2,1-2H3/b28-17-. The first-order valence-electron chi connectivity index (χ1n) is 10.4. The van der Waals surface area contributed by atoms with Crippen molar-refractivity contribution in [2.45, 2.75) is 13.2 Å². The van der Waals surface area contributed by atoms with Crippen molar-refractivity contribution < 1.29 is 14.2 Å². The van der Waals surface area contributed by atoms with E-state index in [2.05, 4.69) is 53.0 Å². The van der Waals surface area contributed by atoms with Gasteiger partial charge in [-0.2, -0.15) is 5.10 Å². The van der Waals surface area contributed by atoms with E-state index in [0.29, 0.717) is 24.7 Å². The van der Waals surface area contributed by atoms with Gasteiger partial charge in [0, 0.05) is 0 Å². The Labute approximate surface area is 188 Å². The van der Waals surface area contributed by atoms with Crippen molar-refractivity contribution in [3.63, 3.8) is 0 Å². The van der Waals surface area contributed by atoms with Gasteiger partial charge >= 0.3 is 0 Å². The van der Waals surface area contributed by atoms with Crippen LogP contribution in [-0.4, -0.2) is 20.4 Å². The maximum absolute atomic E-state index is 6.00. The molecule has 0 aliphatic heterocycles. The SMILES string of the molecule is COc1ccc(CN/N=C\c2ccc(OCc3cccc4ccccc34)cc2)cc1OC. The summed E-state index contributed by atoms with van der Waals surface area (Å²) >= 11 is 0. The Bertz CT molecular complexity index is 1200. The first-order valence-corrected chi connectivity index (χ1v) is 10.4. The summed E-state index contributed by atoms with van der Waals surface area (Å²) in [5.41, 5.74) is 6.27. The Balaban J connectivity index is 1.30. The highest BCUT2D eigenvalue weighted by Crippen LogP contribution is 2.27. The molecule has 0 heterocycles. The second-order valence-corrected chi connectivity index (χ2v) is 7.28. The molecular formula is C27H26N2O3. The van der Waals surface area contributed by atoms with Crippen molar-refractivity contribution in [3.05, 3.63) is 102 Å². The molecular weight excluding hydrogens is 400 g/mol. The molecule has 4 aromatic carbocycles. The van der Waals surface area contributed by atoms with Gasteiger partial charge in [0.15, 0.2) is 11.5 Å². The fraction of sp³-hybridized carbons (Fsp3) is 0.148. The van der Waals surface area contributed by atoms with Crippen LogP contribution in [0.15, 0.2) is 90.0 Å². The third-order valence-corrected chi connectivity index (χ3v) is 5.19. The van der Waals surface area contributed by atoms with Crippen molar-refractivity contribution in [2.75, 3.05) is 14.2 Å². The quantitative estimate of drug-likeness (QED) is 0.281. The lowest BCUT2D eigenvalue weighted by molar-refractivity contribution is 0.307. The van der Waals surface area contributed by atoms with Gasteiger partial charge in [0.05, 0.1) is 27.0 Å². The lowest BCUT2D eigenvalue weighted by Crippen LogP contribution is -2.06. The third-order valence-electron chi connectivity index (χ3n) is 5.19. The molecule has 0 aromatic heterocycles. The zero-order valence-electron chi connectivity index (χ0n) is 18.2. The van der Waals surface area contributed by atoms with Crippen molar-refractivity contribution in [3.8, 4) is 17.2 Å². The normalized spacial score (nSPS) is 10.9. The number of fused-ring (bicyclic) bond motifs is 1. The van der Waals surface area contributed by atoms with Crippen LogP contribution in [0.2, 0.25) is 0 Å². The van der Waals surface area contributed by atoms with Crippen LogP contribution in [0.1, 0.15) is 16.7 Å². The summed E-state index contributed by atoms with van der Waals surface area (Å²) in [5.74, 6) is 2.24. The van der Waals surface area contributed by atoms with Gasteiger partial charge in [-0.15, -0.1) is 0 Å². The summed E-state index contributed by atoms with van der Waals surface area (Å²) in [6, 6.07) is 28.3. The van der Waals surface area contributed by atoms with E-state index >= 15 is 0 Å². The average Bonchev–Trinajstić information content (AvgIpc) is 2.86. The molecule has 0 saturated heterocycles. The molecule has 1 N–H and O–H groups in total. The first kappa shape index (κ1) is 21.2. The second-order valence-electron chi connectivity index (χ2n) is 7.28. The molecule has 0 amide bonds. The largest absolute Gasteiger partial charge is 0.493 e. The van der Waals surface area contributed by atoms with Crippen LogP contribution < -0.4 is 19.6 Å². The lowest BCUT2D eigenvalue weighted by atomic mass is 10.1. The predicted octanol–water partition coefficient (Wildman–Crippen LogP) is 5.56. The van der Waals surface area contributed by atoms with Gasteiger partial charge in [-0.3, -0.25) is 0 Å². The van der Waals surface area contributed by atoms with E-state index in [1.807, 2.05) is 42.5 Å². The Morgan fingerprint density at radius 2 is 1.59 bits per heavy atom. The number of nitrogens with zero attached hydrogens (tertiary/aromatic N) is 1. The van der Waals surface area contributed by atoms with Crippen LogP contribution in [-0.2, 0) is 13.2 Å². The van der Waals surface area contributed by atoms with Crippen LogP contribution in [0, 0.1) is 0 Å². The van der Waals surface area contributed by atoms with E-state index in [4.69, 9.17) is 14.2 Å². The minimum atomic E-state index is 0.529. The second kappa shape index (κ2) is 10.4. The minimum absolute atomic E-state index is 0.529. The number of benzene rings is 4. The number of hydrogen-bond acceptors (Lipinski definition) is 5. The van der Waals surface area contributed by atoms with Gasteiger partial charge in [0.25, 0.3) is 0 Å². The topological polar surface area (TPSA) is 52.1 Å². The molecule has 5 nitrogen and oxygen atoms in total. The van der Waals surface area contributed by atoms with Crippen molar-refractivity contribution >= 4 is 17.0 Å². The molecule has 5 heteroatoms. The van der Waals surface area contributed by atoms with Crippen LogP contribution in [0.5, 0.6) is 17.2 Å². The molecule has 0 saturated carbocycles. The zero-order chi connectivity index (χ0) is 22.2. The number of methoxy groups -OCH3 is 2. The highest BCUT2D eigenvalue weighted by Gasteiger charge is 2.04. The highest BCUT2D eigenvalue weighted by molar-refractivity contribution is 5.85. The Hall–Kier alpha value is -3.99. The van der Waals surface area contributed by atoms with Gasteiger partial charge in [-0.05, 0) is 63.9 Å². The smallest absolute Gasteiger partial charge is 0.161 e. The fourth-order valence-corrected chi connectivity index (χ4v) is 3.48. The molecule has 0 atom stereocenters. The van der Waals surface area contributed by atoms with E-state index in [9.17, 15) is 0 Å². The minimum Gasteiger partial charge on any atom is -0.493 e. The number of nitrogens with one attached hydrogen (secondary N) is 1. The fourth-order valence-electron chi connectivity index (χ4n) is 3.48. The van der Waals surface area contributed by atoms with E-state index in [1.54, 1.807) is 20.4 Å². The number of hydrogen-bond donors (Lipinski definition) is 1. The predicted molar refractivity (Wildman–Crippen MR) is 129 cm³/mol. The summed E-state index contributed by atoms with van der Waals surface area (Å²) in [6.07, 6.45) is 1.79. The maximum Gasteiger partial charge on any atom is 0.161 e. The van der Waals surface area contributed by atoms with Crippen LogP contribution in [0.25, 0.3) is 10.8 Å². The van der Waals surface area contributed by atoms with E-state index in [0.717, 1.165) is 16.9 Å². The zero-order valence-corrected chi connectivity index (χ0v) is 18.2.